The Bertz CT molecular complexity index is 988. The smallest absolute Gasteiger partial charge is 0.145 e. The van der Waals surface area contributed by atoms with Gasteiger partial charge >= 0.3 is 0 Å². The first-order valence-electron chi connectivity index (χ1n) is 11.0. The zero-order valence-corrected chi connectivity index (χ0v) is 19.8. The molecule has 2 aliphatic heterocycles. The van der Waals surface area contributed by atoms with Crippen LogP contribution in [0.5, 0.6) is 5.75 Å². The normalized spacial score (nSPS) is 20.6. The Labute approximate surface area is 199 Å². The van der Waals surface area contributed by atoms with E-state index in [1.807, 2.05) is 37.3 Å². The molecular weight excluding hydrogens is 438 g/mol. The van der Waals surface area contributed by atoms with Crippen molar-refractivity contribution in [2.24, 2.45) is 5.73 Å². The lowest BCUT2D eigenvalue weighted by molar-refractivity contribution is -0.0796. The van der Waals surface area contributed by atoms with E-state index in [0.717, 1.165) is 16.9 Å². The van der Waals surface area contributed by atoms with Gasteiger partial charge in [-0.2, -0.15) is 10.5 Å². The van der Waals surface area contributed by atoms with E-state index >= 15 is 0 Å². The first-order chi connectivity index (χ1) is 16.1. The van der Waals surface area contributed by atoms with Gasteiger partial charge in [-0.25, -0.2) is 0 Å². The maximum atomic E-state index is 10.2. The minimum atomic E-state index is -0.0402. The molecule has 2 saturated heterocycles. The second-order valence-electron chi connectivity index (χ2n) is 7.69. The van der Waals surface area contributed by atoms with Gasteiger partial charge in [0.1, 0.15) is 24.0 Å². The Morgan fingerprint density at radius 3 is 2.36 bits per heavy atom. The summed E-state index contributed by atoms with van der Waals surface area (Å²) in [5.74, 6) is 1.36. The molecule has 2 aliphatic rings. The van der Waals surface area contributed by atoms with Crippen molar-refractivity contribution >= 4 is 17.3 Å². The number of allylic oxidation sites excluding steroid dienone is 5. The summed E-state index contributed by atoms with van der Waals surface area (Å²) in [6.07, 6.45) is 2.76. The number of thioether (sulfide) groups is 1. The molecule has 0 radical (unpaired) electrons. The summed E-state index contributed by atoms with van der Waals surface area (Å²) in [6, 6.07) is 11.9. The average molecular weight is 468 g/mol. The molecule has 0 spiro atoms. The Morgan fingerprint density at radius 1 is 1.12 bits per heavy atom. The van der Waals surface area contributed by atoms with Crippen molar-refractivity contribution in [2.45, 2.75) is 32.5 Å². The van der Waals surface area contributed by atoms with Gasteiger partial charge in [0.05, 0.1) is 50.3 Å². The molecule has 1 unspecified atom stereocenters. The molecule has 2 N–H and O–H groups in total. The third-order valence-electron chi connectivity index (χ3n) is 5.12. The maximum absolute atomic E-state index is 10.2. The Kier molecular flexibility index (Phi) is 9.41. The van der Waals surface area contributed by atoms with E-state index in [4.69, 9.17) is 24.7 Å². The van der Waals surface area contributed by atoms with Crippen molar-refractivity contribution < 1.29 is 18.9 Å². The van der Waals surface area contributed by atoms with Crippen molar-refractivity contribution in [1.29, 1.82) is 10.5 Å². The second-order valence-corrected chi connectivity index (χ2v) is 8.75. The molecule has 0 amide bonds. The number of hydrogen-bond acceptors (Lipinski definition) is 8. The molecule has 1 aromatic carbocycles. The molecule has 0 bridgehead atoms. The predicted molar refractivity (Wildman–Crippen MR) is 128 cm³/mol. The molecule has 33 heavy (non-hydrogen) atoms. The average Bonchev–Trinajstić information content (AvgIpc) is 2.80. The lowest BCUT2D eigenvalue weighted by Crippen LogP contribution is -2.38. The van der Waals surface area contributed by atoms with Crippen LogP contribution < -0.4 is 10.5 Å². The Balaban J connectivity index is 1.98. The number of ether oxygens (including phenoxy) is 4. The Morgan fingerprint density at radius 2 is 1.85 bits per heavy atom. The number of hydrogen-bond donors (Lipinski definition) is 1. The first-order valence-corrected chi connectivity index (χ1v) is 11.9. The predicted octanol–water partition coefficient (Wildman–Crippen LogP) is 3.94. The summed E-state index contributed by atoms with van der Waals surface area (Å²) in [6.45, 7) is 6.55. The van der Waals surface area contributed by atoms with E-state index in [1.165, 1.54) is 11.8 Å². The van der Waals surface area contributed by atoms with Gasteiger partial charge in [-0.1, -0.05) is 25.1 Å². The molecule has 2 heterocycles. The molecule has 1 atom stereocenters. The van der Waals surface area contributed by atoms with E-state index in [2.05, 4.69) is 12.1 Å². The minimum absolute atomic E-state index is 0.0402. The van der Waals surface area contributed by atoms with Crippen LogP contribution in [0.2, 0.25) is 0 Å². The minimum Gasteiger partial charge on any atom is -0.486 e. The van der Waals surface area contributed by atoms with E-state index in [9.17, 15) is 10.5 Å². The number of nitriles is 2. The summed E-state index contributed by atoms with van der Waals surface area (Å²) < 4.78 is 22.3. The van der Waals surface area contributed by atoms with Crippen LogP contribution in [0.4, 0.5) is 0 Å². The van der Waals surface area contributed by atoms with Crippen LogP contribution in [0.25, 0.3) is 5.57 Å². The van der Waals surface area contributed by atoms with Crippen molar-refractivity contribution in [3.8, 4) is 17.9 Å². The molecule has 174 valence electrons. The standard InChI is InChI=1S/C25H29N3O4S/c1-3-4-24(33-16-21-15-29-9-10-31-21)23(12-27)25(22(11-26)17(2)28)18-5-7-19(8-6-18)32-20-13-30-14-20/h4-8,20-21H,3,9-10,13-16,28H2,1-2H3/b22-17+,24-4-,25-23-. The maximum Gasteiger partial charge on any atom is 0.145 e. The van der Waals surface area contributed by atoms with E-state index in [-0.39, 0.29) is 17.8 Å². The van der Waals surface area contributed by atoms with Crippen LogP contribution in [0.15, 0.2) is 52.1 Å². The highest BCUT2D eigenvalue weighted by Gasteiger charge is 2.23. The fraction of sp³-hybridized carbons (Fsp3) is 0.440. The second kappa shape index (κ2) is 12.5. The van der Waals surface area contributed by atoms with Crippen LogP contribution in [0.1, 0.15) is 25.8 Å². The monoisotopic (exact) mass is 467 g/mol. The zero-order valence-electron chi connectivity index (χ0n) is 19.0. The molecule has 7 nitrogen and oxygen atoms in total. The summed E-state index contributed by atoms with van der Waals surface area (Å²) in [5.41, 5.74) is 8.38. The van der Waals surface area contributed by atoms with Crippen molar-refractivity contribution in [1.82, 2.24) is 0 Å². The van der Waals surface area contributed by atoms with E-state index in [1.54, 1.807) is 6.92 Å². The number of rotatable bonds is 9. The van der Waals surface area contributed by atoms with Crippen LogP contribution in [0.3, 0.4) is 0 Å². The molecule has 0 aromatic heterocycles. The lowest BCUT2D eigenvalue weighted by atomic mass is 9.92. The topological polar surface area (TPSA) is 111 Å². The summed E-state index contributed by atoms with van der Waals surface area (Å²) >= 11 is 1.53. The summed E-state index contributed by atoms with van der Waals surface area (Å²) in [5, 5.41) is 20.1. The molecular formula is C25H29N3O4S. The quantitative estimate of drug-likeness (QED) is 0.429. The van der Waals surface area contributed by atoms with Crippen LogP contribution in [-0.4, -0.2) is 51.0 Å². The number of nitrogens with two attached hydrogens (primary N) is 1. The van der Waals surface area contributed by atoms with E-state index in [0.29, 0.717) is 61.4 Å². The van der Waals surface area contributed by atoms with Crippen molar-refractivity contribution in [2.75, 3.05) is 38.8 Å². The van der Waals surface area contributed by atoms with Gasteiger partial charge in [-0.15, -0.1) is 11.8 Å². The van der Waals surface area contributed by atoms with E-state index < -0.39 is 0 Å². The summed E-state index contributed by atoms with van der Waals surface area (Å²) in [7, 11) is 0. The molecule has 3 rings (SSSR count). The third-order valence-corrected chi connectivity index (χ3v) is 6.34. The van der Waals surface area contributed by atoms with Gasteiger partial charge in [-0.3, -0.25) is 0 Å². The molecule has 1 aromatic rings. The van der Waals surface area contributed by atoms with Gasteiger partial charge in [0.25, 0.3) is 0 Å². The van der Waals surface area contributed by atoms with Crippen LogP contribution in [-0.2, 0) is 14.2 Å². The van der Waals surface area contributed by atoms with Crippen LogP contribution >= 0.6 is 11.8 Å². The summed E-state index contributed by atoms with van der Waals surface area (Å²) in [4.78, 5) is 0.796. The molecule has 2 fully saturated rings. The number of benzene rings is 1. The van der Waals surface area contributed by atoms with Gasteiger partial charge in [0.2, 0.25) is 0 Å². The molecule has 8 heteroatoms. The third kappa shape index (κ3) is 6.63. The highest BCUT2D eigenvalue weighted by atomic mass is 32.2. The van der Waals surface area contributed by atoms with Gasteiger partial charge < -0.3 is 24.7 Å². The van der Waals surface area contributed by atoms with Crippen molar-refractivity contribution in [3.63, 3.8) is 0 Å². The molecule has 0 saturated carbocycles. The fourth-order valence-electron chi connectivity index (χ4n) is 3.40. The zero-order chi connectivity index (χ0) is 23.6. The van der Waals surface area contributed by atoms with Gasteiger partial charge in [0.15, 0.2) is 0 Å². The Hall–Kier alpha value is -2.75. The highest BCUT2D eigenvalue weighted by molar-refractivity contribution is 8.03. The molecule has 0 aliphatic carbocycles. The number of nitrogens with zero attached hydrogens (tertiary/aromatic N) is 2. The van der Waals surface area contributed by atoms with Gasteiger partial charge in [-0.05, 0) is 31.0 Å². The first kappa shape index (κ1) is 24.9. The largest absolute Gasteiger partial charge is 0.486 e. The fourth-order valence-corrected chi connectivity index (χ4v) is 4.53. The van der Waals surface area contributed by atoms with Gasteiger partial charge in [0, 0.05) is 21.9 Å². The highest BCUT2D eigenvalue weighted by Crippen LogP contribution is 2.36. The lowest BCUT2D eigenvalue weighted by Gasteiger charge is -2.26. The van der Waals surface area contributed by atoms with Crippen molar-refractivity contribution in [3.05, 3.63) is 57.7 Å². The van der Waals surface area contributed by atoms with Crippen LogP contribution in [0, 0.1) is 22.7 Å². The SMILES string of the molecule is CC/C=C(SCC1COCCO1)/C(C#N)=C(\C(C#N)=C(/C)N)c1ccc(OC2COC2)cc1.